The lowest BCUT2D eigenvalue weighted by Gasteiger charge is -2.14. The van der Waals surface area contributed by atoms with E-state index in [1.807, 2.05) is 5.32 Å². The van der Waals surface area contributed by atoms with Crippen molar-refractivity contribution in [3.8, 4) is 0 Å². The molecule has 0 saturated carbocycles. The van der Waals surface area contributed by atoms with Crippen LogP contribution >= 0.6 is 0 Å². The lowest BCUT2D eigenvalue weighted by Crippen LogP contribution is -2.30. The van der Waals surface area contributed by atoms with Crippen molar-refractivity contribution in [1.82, 2.24) is 5.32 Å². The zero-order chi connectivity index (χ0) is 16.0. The van der Waals surface area contributed by atoms with Gasteiger partial charge in [-0.1, -0.05) is 0 Å². The average Bonchev–Trinajstić information content (AvgIpc) is 2.35. The normalized spacial score (nSPS) is 11.0. The third-order valence-electron chi connectivity index (χ3n) is 2.39. The smallest absolute Gasteiger partial charge is 0.418 e. The Hall–Kier alpha value is -2.32. The Bertz CT molecular complexity index is 532. The molecule has 0 spiro atoms. The van der Waals surface area contributed by atoms with Crippen molar-refractivity contribution in [2.24, 2.45) is 0 Å². The molecule has 5 nitrogen and oxygen atoms in total. The third-order valence-corrected chi connectivity index (χ3v) is 2.39. The molecule has 1 aromatic carbocycles. The molecule has 0 heterocycles. The molecule has 0 aliphatic carbocycles. The number of amides is 2. The summed E-state index contributed by atoms with van der Waals surface area (Å²) < 4.78 is 50.9. The van der Waals surface area contributed by atoms with E-state index < -0.39 is 35.2 Å². The molecule has 0 aliphatic heterocycles. The van der Waals surface area contributed by atoms with Crippen LogP contribution in [0.2, 0.25) is 0 Å². The van der Waals surface area contributed by atoms with Gasteiger partial charge in [0.15, 0.2) is 0 Å². The molecule has 1 aromatic rings. The predicted octanol–water partition coefficient (Wildman–Crippen LogP) is 2.83. The van der Waals surface area contributed by atoms with E-state index in [0.29, 0.717) is 0 Å². The van der Waals surface area contributed by atoms with Gasteiger partial charge in [0.05, 0.1) is 11.3 Å². The van der Waals surface area contributed by atoms with Crippen molar-refractivity contribution in [1.29, 1.82) is 0 Å². The van der Waals surface area contributed by atoms with E-state index in [0.717, 1.165) is 12.1 Å². The van der Waals surface area contributed by atoms with Crippen LogP contribution in [0.5, 0.6) is 0 Å². The second kappa shape index (κ2) is 6.91. The highest BCUT2D eigenvalue weighted by Gasteiger charge is 2.34. The molecular formula is C12H12F4N2O3. The van der Waals surface area contributed by atoms with Crippen LogP contribution in [0, 0.1) is 5.82 Å². The molecule has 3 N–H and O–H groups in total. The molecule has 9 heteroatoms. The summed E-state index contributed by atoms with van der Waals surface area (Å²) in [5, 5.41) is 12.5. The van der Waals surface area contributed by atoms with E-state index in [-0.39, 0.29) is 25.5 Å². The van der Waals surface area contributed by atoms with E-state index in [4.69, 9.17) is 5.11 Å². The summed E-state index contributed by atoms with van der Waals surface area (Å²) >= 11 is 0. The number of carboxylic acid groups (broad SMARTS) is 1. The second-order valence-corrected chi connectivity index (χ2v) is 4.07. The standard InChI is InChI=1S/C12H12F4N2O3/c13-7-3-4-9(8(6-7)12(14,15)16)18-11(21)17-5-1-2-10(19)20/h3-4,6H,1-2,5H2,(H,19,20)(H2,17,18,21). The van der Waals surface area contributed by atoms with Crippen LogP contribution < -0.4 is 10.6 Å². The maximum atomic E-state index is 12.9. The minimum absolute atomic E-state index is 0.0132. The number of alkyl halides is 3. The molecule has 21 heavy (non-hydrogen) atoms. The number of benzene rings is 1. The summed E-state index contributed by atoms with van der Waals surface area (Å²) in [5.74, 6) is -2.12. The topological polar surface area (TPSA) is 78.4 Å². The molecule has 1 rings (SSSR count). The molecule has 0 aliphatic rings. The Labute approximate surface area is 117 Å². The lowest BCUT2D eigenvalue weighted by atomic mass is 10.1. The maximum absolute atomic E-state index is 12.9. The number of hydrogen-bond donors (Lipinski definition) is 3. The van der Waals surface area contributed by atoms with Gasteiger partial charge in [-0.15, -0.1) is 0 Å². The van der Waals surface area contributed by atoms with Crippen molar-refractivity contribution >= 4 is 17.7 Å². The second-order valence-electron chi connectivity index (χ2n) is 4.07. The van der Waals surface area contributed by atoms with Gasteiger partial charge in [-0.05, 0) is 24.6 Å². The van der Waals surface area contributed by atoms with E-state index >= 15 is 0 Å². The largest absolute Gasteiger partial charge is 0.481 e. The number of rotatable bonds is 5. The molecule has 0 radical (unpaired) electrons. The van der Waals surface area contributed by atoms with Crippen LogP contribution in [-0.2, 0) is 11.0 Å². The number of urea groups is 1. The van der Waals surface area contributed by atoms with Crippen molar-refractivity contribution in [2.75, 3.05) is 11.9 Å². The van der Waals surface area contributed by atoms with Crippen LogP contribution in [0.25, 0.3) is 0 Å². The molecule has 116 valence electrons. The SMILES string of the molecule is O=C(O)CCCNC(=O)Nc1ccc(F)cc1C(F)(F)F. The molecule has 0 saturated heterocycles. The minimum atomic E-state index is -4.81. The Balaban J connectivity index is 2.66. The first-order valence-corrected chi connectivity index (χ1v) is 5.83. The van der Waals surface area contributed by atoms with Crippen LogP contribution in [0.1, 0.15) is 18.4 Å². The Morgan fingerprint density at radius 3 is 2.48 bits per heavy atom. The number of carboxylic acids is 1. The summed E-state index contributed by atoms with van der Waals surface area (Å²) in [6.07, 6.45) is -4.85. The monoisotopic (exact) mass is 308 g/mol. The number of halogens is 4. The number of carbonyl (C=O) groups is 2. The summed E-state index contributed by atoms with van der Waals surface area (Å²) in [6.45, 7) is -0.0132. The minimum Gasteiger partial charge on any atom is -0.481 e. The average molecular weight is 308 g/mol. The molecule has 0 unspecified atom stereocenters. The van der Waals surface area contributed by atoms with Gasteiger partial charge in [0.1, 0.15) is 5.82 Å². The maximum Gasteiger partial charge on any atom is 0.418 e. The zero-order valence-electron chi connectivity index (χ0n) is 10.6. The van der Waals surface area contributed by atoms with Gasteiger partial charge in [0, 0.05) is 13.0 Å². The van der Waals surface area contributed by atoms with Gasteiger partial charge in [-0.3, -0.25) is 4.79 Å². The first-order chi connectivity index (χ1) is 9.70. The Morgan fingerprint density at radius 2 is 1.90 bits per heavy atom. The van der Waals surface area contributed by atoms with Crippen molar-refractivity contribution in [3.63, 3.8) is 0 Å². The first-order valence-electron chi connectivity index (χ1n) is 5.83. The summed E-state index contributed by atoms with van der Waals surface area (Å²) in [4.78, 5) is 21.6. The van der Waals surface area contributed by atoms with Crippen LogP contribution in [-0.4, -0.2) is 23.7 Å². The summed E-state index contributed by atoms with van der Waals surface area (Å²) in [7, 11) is 0. The van der Waals surface area contributed by atoms with Crippen LogP contribution in [0.3, 0.4) is 0 Å². The fourth-order valence-electron chi connectivity index (χ4n) is 1.47. The van der Waals surface area contributed by atoms with Gasteiger partial charge in [-0.2, -0.15) is 13.2 Å². The first kappa shape index (κ1) is 16.7. The number of anilines is 1. The highest BCUT2D eigenvalue weighted by molar-refractivity contribution is 5.90. The summed E-state index contributed by atoms with van der Waals surface area (Å²) in [5.41, 5.74) is -1.89. The lowest BCUT2D eigenvalue weighted by molar-refractivity contribution is -0.138. The van der Waals surface area contributed by atoms with E-state index in [1.165, 1.54) is 0 Å². The van der Waals surface area contributed by atoms with Gasteiger partial charge in [-0.25, -0.2) is 9.18 Å². The van der Waals surface area contributed by atoms with Crippen molar-refractivity contribution in [3.05, 3.63) is 29.6 Å². The van der Waals surface area contributed by atoms with Crippen molar-refractivity contribution in [2.45, 2.75) is 19.0 Å². The fourth-order valence-corrected chi connectivity index (χ4v) is 1.47. The van der Waals surface area contributed by atoms with Crippen molar-refractivity contribution < 1.29 is 32.3 Å². The number of aliphatic carboxylic acids is 1. The third kappa shape index (κ3) is 5.67. The van der Waals surface area contributed by atoms with E-state index in [9.17, 15) is 27.2 Å². The van der Waals surface area contributed by atoms with Gasteiger partial charge >= 0.3 is 18.2 Å². The zero-order valence-corrected chi connectivity index (χ0v) is 10.6. The molecule has 0 atom stereocenters. The Morgan fingerprint density at radius 1 is 1.24 bits per heavy atom. The highest BCUT2D eigenvalue weighted by Crippen LogP contribution is 2.35. The van der Waals surface area contributed by atoms with E-state index in [2.05, 4.69) is 5.32 Å². The number of hydrogen-bond acceptors (Lipinski definition) is 2. The predicted molar refractivity (Wildman–Crippen MR) is 65.3 cm³/mol. The molecule has 0 fully saturated rings. The molecule has 0 aromatic heterocycles. The molecular weight excluding hydrogens is 296 g/mol. The van der Waals surface area contributed by atoms with Gasteiger partial charge < -0.3 is 15.7 Å². The van der Waals surface area contributed by atoms with Gasteiger partial charge in [0.25, 0.3) is 0 Å². The quantitative estimate of drug-likeness (QED) is 0.578. The Kier molecular flexibility index (Phi) is 5.51. The molecule has 0 bridgehead atoms. The number of nitrogens with one attached hydrogen (secondary N) is 2. The highest BCUT2D eigenvalue weighted by atomic mass is 19.4. The number of carbonyl (C=O) groups excluding carboxylic acids is 1. The van der Waals surface area contributed by atoms with Crippen LogP contribution in [0.4, 0.5) is 28.0 Å². The van der Waals surface area contributed by atoms with Gasteiger partial charge in [0.2, 0.25) is 0 Å². The van der Waals surface area contributed by atoms with Crippen LogP contribution in [0.15, 0.2) is 18.2 Å². The van der Waals surface area contributed by atoms with E-state index in [1.54, 1.807) is 0 Å². The fraction of sp³-hybridized carbons (Fsp3) is 0.333. The molecule has 2 amide bonds. The summed E-state index contributed by atoms with van der Waals surface area (Å²) in [6, 6.07) is 0.933.